The number of benzene rings is 10. The summed E-state index contributed by atoms with van der Waals surface area (Å²) in [7, 11) is 0. The van der Waals surface area contributed by atoms with Gasteiger partial charge >= 0.3 is 0 Å². The van der Waals surface area contributed by atoms with Gasteiger partial charge in [0.05, 0.1) is 27.5 Å². The van der Waals surface area contributed by atoms with E-state index in [0.717, 1.165) is 22.7 Å². The van der Waals surface area contributed by atoms with E-state index in [2.05, 4.69) is 245 Å². The third kappa shape index (κ3) is 4.81. The van der Waals surface area contributed by atoms with Gasteiger partial charge in [-0.25, -0.2) is 0 Å². The fourth-order valence-electron chi connectivity index (χ4n) is 11.4. The lowest BCUT2D eigenvalue weighted by Gasteiger charge is -2.40. The Hall–Kier alpha value is -8.40. The summed E-state index contributed by atoms with van der Waals surface area (Å²) >= 11 is 0. The summed E-state index contributed by atoms with van der Waals surface area (Å²) in [5.74, 6) is 0. The summed E-state index contributed by atoms with van der Waals surface area (Å²) in [5.41, 5.74) is 21.2. The number of hydrogen-bond donors (Lipinski definition) is 1. The van der Waals surface area contributed by atoms with Crippen molar-refractivity contribution in [2.45, 2.75) is 5.41 Å². The van der Waals surface area contributed by atoms with E-state index in [-0.39, 0.29) is 0 Å². The summed E-state index contributed by atoms with van der Waals surface area (Å²) in [5, 5.41) is 8.87. The second-order valence-electron chi connectivity index (χ2n) is 17.3. The Morgan fingerprint density at radius 2 is 0.734 bits per heavy atom. The SMILES string of the molecule is c1ccc(-c2ccc(-n3c4ccccc4c4cc5c(cc43)C3(c4ccccc4Nc4ccccc43)c3cc4c(cc3-5)c3ccccc3n4-c3cccc(-c4ccccc4)c3)cc2)cc1. The number of nitrogens with one attached hydrogen (secondary N) is 1. The molecule has 1 aliphatic heterocycles. The lowest BCUT2D eigenvalue weighted by Crippen LogP contribution is -2.33. The average Bonchev–Trinajstić information content (AvgIpc) is 3.97. The van der Waals surface area contributed by atoms with Gasteiger partial charge in [-0.3, -0.25) is 0 Å². The molecule has 1 N–H and O–H groups in total. The minimum atomic E-state index is -0.614. The van der Waals surface area contributed by atoms with Crippen molar-refractivity contribution in [2.75, 3.05) is 5.32 Å². The molecule has 2 aliphatic rings. The van der Waals surface area contributed by atoms with Crippen LogP contribution in [0.15, 0.2) is 231 Å². The standard InChI is InChI=1S/C61H39N3/c1-3-16-39(17-4-1)41-30-32-43(33-31-41)63-57-28-13-7-22-45(57)49-35-47-48-36-50-46-23-8-14-29-58(46)64(44-21-15-20-42(34-44)40-18-5-2-6-19-40)60(50)38-54(48)61(53(47)37-59(49)63)51-24-9-11-26-55(51)62-56-27-12-10-25-52(56)61/h1-38,62H. The Morgan fingerprint density at radius 1 is 0.281 bits per heavy atom. The Kier molecular flexibility index (Phi) is 7.32. The molecule has 0 saturated carbocycles. The van der Waals surface area contributed by atoms with Crippen molar-refractivity contribution in [2.24, 2.45) is 0 Å². The monoisotopic (exact) mass is 813 g/mol. The van der Waals surface area contributed by atoms with Gasteiger partial charge in [-0.15, -0.1) is 0 Å². The van der Waals surface area contributed by atoms with E-state index >= 15 is 0 Å². The highest BCUT2D eigenvalue weighted by Gasteiger charge is 2.51. The van der Waals surface area contributed by atoms with E-state index in [9.17, 15) is 0 Å². The van der Waals surface area contributed by atoms with Crippen LogP contribution in [0.5, 0.6) is 0 Å². The van der Waals surface area contributed by atoms with Gasteiger partial charge in [0.1, 0.15) is 0 Å². The first-order valence-corrected chi connectivity index (χ1v) is 22.2. The van der Waals surface area contributed by atoms with Crippen molar-refractivity contribution < 1.29 is 0 Å². The first kappa shape index (κ1) is 35.2. The molecule has 3 heteroatoms. The van der Waals surface area contributed by atoms with Crippen LogP contribution in [0.1, 0.15) is 22.3 Å². The first-order valence-electron chi connectivity index (χ1n) is 22.2. The zero-order valence-electron chi connectivity index (χ0n) is 34.8. The van der Waals surface area contributed by atoms with Crippen molar-refractivity contribution >= 4 is 55.0 Å². The van der Waals surface area contributed by atoms with Gasteiger partial charge in [-0.2, -0.15) is 0 Å². The summed E-state index contributed by atoms with van der Waals surface area (Å²) in [6.45, 7) is 0. The van der Waals surface area contributed by atoms with Crippen molar-refractivity contribution in [3.63, 3.8) is 0 Å². The molecule has 0 atom stereocenters. The molecule has 2 aromatic heterocycles. The van der Waals surface area contributed by atoms with Crippen LogP contribution in [0.25, 0.3) is 88.4 Å². The second-order valence-corrected chi connectivity index (χ2v) is 17.3. The number of hydrogen-bond acceptors (Lipinski definition) is 1. The number of rotatable bonds is 4. The molecule has 0 fully saturated rings. The van der Waals surface area contributed by atoms with Gasteiger partial charge in [0.25, 0.3) is 0 Å². The Bertz CT molecular complexity index is 3810. The second kappa shape index (κ2) is 13.3. The van der Waals surface area contributed by atoms with E-state index in [1.54, 1.807) is 0 Å². The molecule has 3 nitrogen and oxygen atoms in total. The largest absolute Gasteiger partial charge is 0.355 e. The predicted molar refractivity (Wildman–Crippen MR) is 267 cm³/mol. The van der Waals surface area contributed by atoms with Crippen LogP contribution in [0, 0.1) is 0 Å². The van der Waals surface area contributed by atoms with Crippen LogP contribution in [-0.4, -0.2) is 9.13 Å². The molecule has 0 saturated heterocycles. The molecule has 1 aliphatic carbocycles. The highest BCUT2D eigenvalue weighted by molar-refractivity contribution is 6.15. The number of nitrogens with zero attached hydrogens (tertiary/aromatic N) is 2. The van der Waals surface area contributed by atoms with Gasteiger partial charge in [0, 0.05) is 44.3 Å². The summed E-state index contributed by atoms with van der Waals surface area (Å²) < 4.78 is 4.97. The number of para-hydroxylation sites is 4. The van der Waals surface area contributed by atoms with Gasteiger partial charge < -0.3 is 14.5 Å². The minimum absolute atomic E-state index is 0.614. The zero-order valence-corrected chi connectivity index (χ0v) is 34.8. The molecule has 3 heterocycles. The van der Waals surface area contributed by atoms with Gasteiger partial charge in [0.15, 0.2) is 0 Å². The van der Waals surface area contributed by atoms with Crippen molar-refractivity contribution in [3.8, 4) is 44.8 Å². The van der Waals surface area contributed by atoms with Gasteiger partial charge in [-0.05, 0) is 128 Å². The summed E-state index contributed by atoms with van der Waals surface area (Å²) in [6.07, 6.45) is 0. The van der Waals surface area contributed by atoms with E-state index in [1.807, 2.05) is 0 Å². The average molecular weight is 814 g/mol. The molecule has 0 unspecified atom stereocenters. The molecule has 10 aromatic carbocycles. The third-order valence-electron chi connectivity index (χ3n) is 14.1. The van der Waals surface area contributed by atoms with Crippen molar-refractivity contribution in [1.82, 2.24) is 9.13 Å². The van der Waals surface area contributed by atoms with Crippen LogP contribution in [0.3, 0.4) is 0 Å². The number of fused-ring (bicyclic) bond motifs is 15. The van der Waals surface area contributed by atoms with Crippen LogP contribution < -0.4 is 5.32 Å². The Morgan fingerprint density at radius 3 is 1.31 bits per heavy atom. The molecule has 0 bridgehead atoms. The summed E-state index contributed by atoms with van der Waals surface area (Å²) in [6, 6.07) is 85.3. The van der Waals surface area contributed by atoms with Crippen LogP contribution >= 0.6 is 0 Å². The lowest BCUT2D eigenvalue weighted by molar-refractivity contribution is 0.764. The van der Waals surface area contributed by atoms with E-state index in [4.69, 9.17) is 0 Å². The molecule has 14 rings (SSSR count). The molecule has 298 valence electrons. The minimum Gasteiger partial charge on any atom is -0.355 e. The van der Waals surface area contributed by atoms with Gasteiger partial charge in [-0.1, -0.05) is 158 Å². The lowest BCUT2D eigenvalue weighted by atomic mass is 9.65. The fourth-order valence-corrected chi connectivity index (χ4v) is 11.4. The first-order chi connectivity index (χ1) is 31.7. The smallest absolute Gasteiger partial charge is 0.0755 e. The predicted octanol–water partition coefficient (Wildman–Crippen LogP) is 15.6. The zero-order chi connectivity index (χ0) is 41.9. The molecule has 0 amide bonds. The van der Waals surface area contributed by atoms with E-state index in [0.29, 0.717) is 0 Å². The van der Waals surface area contributed by atoms with Crippen LogP contribution in [-0.2, 0) is 5.41 Å². The molecule has 1 spiro atoms. The Balaban J connectivity index is 1.10. The maximum atomic E-state index is 3.88. The molecule has 12 aromatic rings. The quantitative estimate of drug-likeness (QED) is 0.188. The fraction of sp³-hybridized carbons (Fsp3) is 0.0164. The third-order valence-corrected chi connectivity index (χ3v) is 14.1. The molecule has 64 heavy (non-hydrogen) atoms. The molecular formula is C61H39N3. The Labute approximate surface area is 370 Å². The maximum absolute atomic E-state index is 3.88. The normalized spacial score (nSPS) is 13.2. The molecular weight excluding hydrogens is 775 g/mol. The van der Waals surface area contributed by atoms with Crippen molar-refractivity contribution in [3.05, 3.63) is 253 Å². The summed E-state index contributed by atoms with van der Waals surface area (Å²) in [4.78, 5) is 0. The highest BCUT2D eigenvalue weighted by atomic mass is 15.0. The highest BCUT2D eigenvalue weighted by Crippen LogP contribution is 2.62. The topological polar surface area (TPSA) is 21.9 Å². The number of anilines is 2. The van der Waals surface area contributed by atoms with Gasteiger partial charge in [0.2, 0.25) is 0 Å². The number of aromatic nitrogens is 2. The van der Waals surface area contributed by atoms with Crippen LogP contribution in [0.4, 0.5) is 11.4 Å². The van der Waals surface area contributed by atoms with Crippen molar-refractivity contribution in [1.29, 1.82) is 0 Å². The van der Waals surface area contributed by atoms with E-state index < -0.39 is 5.41 Å². The maximum Gasteiger partial charge on any atom is 0.0755 e. The van der Waals surface area contributed by atoms with Crippen LogP contribution in [0.2, 0.25) is 0 Å². The molecule has 0 radical (unpaired) electrons. The van der Waals surface area contributed by atoms with E-state index in [1.165, 1.54) is 99.2 Å².